The highest BCUT2D eigenvalue weighted by atomic mass is 16.6. The van der Waals surface area contributed by atoms with Gasteiger partial charge in [-0.05, 0) is 34.1 Å². The summed E-state index contributed by atoms with van der Waals surface area (Å²) in [6, 6.07) is 0.451. The van der Waals surface area contributed by atoms with Crippen LogP contribution in [0, 0.1) is 0 Å². The smallest absolute Gasteiger partial charge is 0.410 e. The van der Waals surface area contributed by atoms with Crippen molar-refractivity contribution in [3.05, 3.63) is 0 Å². The fourth-order valence-electron chi connectivity index (χ4n) is 2.00. The Balaban J connectivity index is 2.70. The zero-order valence-corrected chi connectivity index (χ0v) is 11.0. The van der Waals surface area contributed by atoms with E-state index in [0.717, 1.165) is 19.5 Å². The van der Waals surface area contributed by atoms with Crippen molar-refractivity contribution in [1.82, 2.24) is 10.2 Å². The molecule has 1 amide bonds. The van der Waals surface area contributed by atoms with Crippen LogP contribution in [0.5, 0.6) is 0 Å². The van der Waals surface area contributed by atoms with Crippen LogP contribution in [-0.2, 0) is 4.74 Å². The molecule has 1 fully saturated rings. The summed E-state index contributed by atoms with van der Waals surface area (Å²) in [5.74, 6) is 0. The third kappa shape index (κ3) is 3.37. The van der Waals surface area contributed by atoms with Crippen molar-refractivity contribution in [3.63, 3.8) is 0 Å². The van der Waals surface area contributed by atoms with E-state index >= 15 is 0 Å². The standard InChI is InChI=1S/C12H24N2O2/c1-6-10-8-13-7-9(2)14(10)11(15)16-12(3,4)5/h9-10,13H,6-8H2,1-5H3/t9-,10+/m0/s1. The Kier molecular flexibility index (Phi) is 4.19. The van der Waals surface area contributed by atoms with Gasteiger partial charge in [0.2, 0.25) is 0 Å². The first-order valence-corrected chi connectivity index (χ1v) is 6.07. The molecule has 1 heterocycles. The van der Waals surface area contributed by atoms with Gasteiger partial charge in [-0.15, -0.1) is 0 Å². The molecule has 4 heteroatoms. The van der Waals surface area contributed by atoms with Crippen LogP contribution >= 0.6 is 0 Å². The van der Waals surface area contributed by atoms with Crippen molar-refractivity contribution in [1.29, 1.82) is 0 Å². The van der Waals surface area contributed by atoms with Crippen LogP contribution in [0.1, 0.15) is 41.0 Å². The van der Waals surface area contributed by atoms with E-state index in [9.17, 15) is 4.79 Å². The zero-order chi connectivity index (χ0) is 12.3. The average Bonchev–Trinajstić information content (AvgIpc) is 2.14. The Morgan fingerprint density at radius 1 is 1.44 bits per heavy atom. The molecule has 94 valence electrons. The predicted molar refractivity (Wildman–Crippen MR) is 64.5 cm³/mol. The Morgan fingerprint density at radius 2 is 2.06 bits per heavy atom. The molecular weight excluding hydrogens is 204 g/mol. The van der Waals surface area contributed by atoms with Gasteiger partial charge < -0.3 is 10.1 Å². The van der Waals surface area contributed by atoms with E-state index < -0.39 is 5.60 Å². The molecule has 0 spiro atoms. The highest BCUT2D eigenvalue weighted by Crippen LogP contribution is 2.18. The molecule has 0 aromatic heterocycles. The number of nitrogens with one attached hydrogen (secondary N) is 1. The van der Waals surface area contributed by atoms with Crippen molar-refractivity contribution < 1.29 is 9.53 Å². The second-order valence-corrected chi connectivity index (χ2v) is 5.46. The van der Waals surface area contributed by atoms with Gasteiger partial charge in [0.15, 0.2) is 0 Å². The van der Waals surface area contributed by atoms with E-state index in [1.165, 1.54) is 0 Å². The normalized spacial score (nSPS) is 26.7. The van der Waals surface area contributed by atoms with Crippen LogP contribution < -0.4 is 5.32 Å². The van der Waals surface area contributed by atoms with Crippen LogP contribution in [-0.4, -0.2) is 41.8 Å². The lowest BCUT2D eigenvalue weighted by atomic mass is 10.1. The minimum absolute atomic E-state index is 0.187. The first kappa shape index (κ1) is 13.3. The molecule has 0 radical (unpaired) electrons. The van der Waals surface area contributed by atoms with Gasteiger partial charge >= 0.3 is 6.09 Å². The number of rotatable bonds is 1. The van der Waals surface area contributed by atoms with Gasteiger partial charge in [-0.3, -0.25) is 4.90 Å². The summed E-state index contributed by atoms with van der Waals surface area (Å²) in [5, 5.41) is 3.33. The van der Waals surface area contributed by atoms with Crippen LogP contribution in [0.15, 0.2) is 0 Å². The third-order valence-electron chi connectivity index (χ3n) is 2.76. The lowest BCUT2D eigenvalue weighted by Gasteiger charge is -2.41. The summed E-state index contributed by atoms with van der Waals surface area (Å²) in [6.45, 7) is 11.6. The number of carbonyl (C=O) groups excluding carboxylic acids is 1. The van der Waals surface area contributed by atoms with Crippen molar-refractivity contribution in [2.75, 3.05) is 13.1 Å². The van der Waals surface area contributed by atoms with Gasteiger partial charge in [0, 0.05) is 25.2 Å². The van der Waals surface area contributed by atoms with Gasteiger partial charge in [0.25, 0.3) is 0 Å². The van der Waals surface area contributed by atoms with Gasteiger partial charge in [-0.1, -0.05) is 6.92 Å². The minimum Gasteiger partial charge on any atom is -0.444 e. The molecule has 0 unspecified atom stereocenters. The maximum atomic E-state index is 12.1. The fourth-order valence-corrected chi connectivity index (χ4v) is 2.00. The topological polar surface area (TPSA) is 41.6 Å². The molecule has 1 saturated heterocycles. The van der Waals surface area contributed by atoms with E-state index in [2.05, 4.69) is 19.2 Å². The molecule has 1 aliphatic rings. The number of carbonyl (C=O) groups is 1. The Morgan fingerprint density at radius 3 is 2.56 bits per heavy atom. The fraction of sp³-hybridized carbons (Fsp3) is 0.917. The Labute approximate surface area is 98.3 Å². The van der Waals surface area contributed by atoms with E-state index in [-0.39, 0.29) is 18.2 Å². The maximum absolute atomic E-state index is 12.1. The lowest BCUT2D eigenvalue weighted by Crippen LogP contribution is -2.58. The van der Waals surface area contributed by atoms with Crippen LogP contribution in [0.2, 0.25) is 0 Å². The van der Waals surface area contributed by atoms with Gasteiger partial charge in [0.05, 0.1) is 0 Å². The van der Waals surface area contributed by atoms with Crippen LogP contribution in [0.25, 0.3) is 0 Å². The van der Waals surface area contributed by atoms with E-state index in [1.807, 2.05) is 25.7 Å². The molecule has 4 nitrogen and oxygen atoms in total. The monoisotopic (exact) mass is 228 g/mol. The van der Waals surface area contributed by atoms with Gasteiger partial charge in [-0.2, -0.15) is 0 Å². The Hall–Kier alpha value is -0.770. The molecule has 0 aliphatic carbocycles. The average molecular weight is 228 g/mol. The summed E-state index contributed by atoms with van der Waals surface area (Å²) in [6.07, 6.45) is 0.768. The number of nitrogens with zero attached hydrogens (tertiary/aromatic N) is 1. The molecule has 0 aromatic rings. The molecule has 16 heavy (non-hydrogen) atoms. The molecule has 2 atom stereocenters. The van der Waals surface area contributed by atoms with Crippen molar-refractivity contribution in [2.24, 2.45) is 0 Å². The van der Waals surface area contributed by atoms with Gasteiger partial charge in [-0.25, -0.2) is 4.79 Å². The summed E-state index contributed by atoms with van der Waals surface area (Å²) in [5.41, 5.74) is -0.417. The molecule has 0 bridgehead atoms. The lowest BCUT2D eigenvalue weighted by molar-refractivity contribution is 0.0000782. The number of hydrogen-bond acceptors (Lipinski definition) is 3. The summed E-state index contributed by atoms with van der Waals surface area (Å²) in [7, 11) is 0. The minimum atomic E-state index is -0.417. The van der Waals surface area contributed by atoms with E-state index in [0.29, 0.717) is 0 Å². The highest BCUT2D eigenvalue weighted by Gasteiger charge is 2.33. The predicted octanol–water partition coefficient (Wildman–Crippen LogP) is 1.99. The summed E-state index contributed by atoms with van der Waals surface area (Å²) in [4.78, 5) is 13.9. The second-order valence-electron chi connectivity index (χ2n) is 5.46. The molecule has 1 rings (SSSR count). The molecular formula is C12H24N2O2. The number of hydrogen-bond donors (Lipinski definition) is 1. The molecule has 0 aromatic carbocycles. The van der Waals surface area contributed by atoms with Crippen molar-refractivity contribution >= 4 is 6.09 Å². The number of piperazine rings is 1. The SMILES string of the molecule is CC[C@@H]1CNC[C@H](C)N1C(=O)OC(C)(C)C. The first-order chi connectivity index (χ1) is 7.35. The van der Waals surface area contributed by atoms with Crippen LogP contribution in [0.4, 0.5) is 4.79 Å². The number of ether oxygens (including phenoxy) is 1. The molecule has 1 aliphatic heterocycles. The van der Waals surface area contributed by atoms with Crippen molar-refractivity contribution in [3.8, 4) is 0 Å². The number of amides is 1. The van der Waals surface area contributed by atoms with E-state index in [1.54, 1.807) is 0 Å². The zero-order valence-electron chi connectivity index (χ0n) is 11.0. The summed E-state index contributed by atoms with van der Waals surface area (Å²) >= 11 is 0. The largest absolute Gasteiger partial charge is 0.444 e. The summed E-state index contributed by atoms with van der Waals surface area (Å²) < 4.78 is 5.44. The first-order valence-electron chi connectivity index (χ1n) is 6.07. The Bertz CT molecular complexity index is 248. The highest BCUT2D eigenvalue weighted by molar-refractivity contribution is 5.69. The van der Waals surface area contributed by atoms with Crippen molar-refractivity contribution in [2.45, 2.75) is 58.7 Å². The maximum Gasteiger partial charge on any atom is 0.410 e. The van der Waals surface area contributed by atoms with Gasteiger partial charge in [0.1, 0.15) is 5.60 Å². The van der Waals surface area contributed by atoms with E-state index in [4.69, 9.17) is 4.74 Å². The quantitative estimate of drug-likeness (QED) is 0.746. The third-order valence-corrected chi connectivity index (χ3v) is 2.76. The van der Waals surface area contributed by atoms with Crippen LogP contribution in [0.3, 0.4) is 0 Å². The molecule has 0 saturated carbocycles. The molecule has 1 N–H and O–H groups in total. The second kappa shape index (κ2) is 5.04.